The molecule has 2 saturated heterocycles. The van der Waals surface area contributed by atoms with Crippen molar-refractivity contribution in [2.24, 2.45) is 34.0 Å². The van der Waals surface area contributed by atoms with Crippen LogP contribution in [0.25, 0.3) is 0 Å². The maximum atomic E-state index is 14.7. The van der Waals surface area contributed by atoms with Crippen molar-refractivity contribution in [3.8, 4) is 0 Å². The van der Waals surface area contributed by atoms with Crippen molar-refractivity contribution in [1.82, 2.24) is 0 Å². The highest BCUT2D eigenvalue weighted by Crippen LogP contribution is 2.78. The van der Waals surface area contributed by atoms with Crippen LogP contribution in [0, 0.1) is 34.0 Å². The van der Waals surface area contributed by atoms with Crippen LogP contribution >= 0.6 is 0 Å². The smallest absolute Gasteiger partial charge is 0.333 e. The zero-order valence-electron chi connectivity index (χ0n) is 25.2. The number of esters is 3. The number of allylic oxidation sites excluding steroid dienone is 1. The highest BCUT2D eigenvalue weighted by Gasteiger charge is 2.90. The summed E-state index contributed by atoms with van der Waals surface area (Å²) < 4.78 is 29.0. The Balaban J connectivity index is 1.53. The van der Waals surface area contributed by atoms with Gasteiger partial charge in [-0.1, -0.05) is 33.8 Å². The fraction of sp³-hybridized carbons (Fsp3) is 0.688. The van der Waals surface area contributed by atoms with E-state index in [1.807, 2.05) is 20.8 Å². The number of Topliss-reactive ketones (excluding diaryl/α,β-unsaturated/α-hetero) is 1. The van der Waals surface area contributed by atoms with Crippen LogP contribution < -0.4 is 0 Å². The number of hydrogen-bond donors (Lipinski definition) is 1. The van der Waals surface area contributed by atoms with E-state index in [2.05, 4.69) is 6.92 Å². The first-order valence-corrected chi connectivity index (χ1v) is 14.7. The molecule has 228 valence electrons. The molecule has 0 amide bonds. The van der Waals surface area contributed by atoms with Crippen molar-refractivity contribution in [2.45, 2.75) is 96.7 Å². The number of rotatable bonds is 5. The minimum atomic E-state index is -2.20. The van der Waals surface area contributed by atoms with Gasteiger partial charge in [-0.15, -0.1) is 0 Å². The summed E-state index contributed by atoms with van der Waals surface area (Å²) >= 11 is 0. The first-order valence-electron chi connectivity index (χ1n) is 14.7. The predicted octanol–water partition coefficient (Wildman–Crippen LogP) is 3.85. The summed E-state index contributed by atoms with van der Waals surface area (Å²) in [6, 6.07) is 1.78. The number of carbonyl (C=O) groups excluding carboxylic acids is 4. The van der Waals surface area contributed by atoms with Gasteiger partial charge in [-0.05, 0) is 38.7 Å². The van der Waals surface area contributed by atoms with Gasteiger partial charge in [-0.3, -0.25) is 14.4 Å². The van der Waals surface area contributed by atoms with Crippen LogP contribution in [0.2, 0.25) is 0 Å². The topological polar surface area (TPSA) is 142 Å². The summed E-state index contributed by atoms with van der Waals surface area (Å²) in [5, 5.41) is 12.7. The monoisotopic (exact) mass is 584 g/mol. The molecule has 2 aliphatic heterocycles. The number of methoxy groups -OCH3 is 1. The standard InChI is InChI=1S/C32H40O10/c1-8-16(2)24(35)41-26-28(3,4)19(13-21(33)38-7)30(6)18-9-11-29(5)20(32(18)27(42-32)31(26,37)25(30)36)14-22(34)40-23(29)17-10-12-39-15-17/h8,10,12,15,18-20,23,26-27,37H,9,11,13-14H2,1-7H3/b16-8+/t18-,19+,20-,23+,26+,27-,29-,30+,31-,32+/m1/s1. The lowest BCUT2D eigenvalue weighted by atomic mass is 9.36. The second kappa shape index (κ2) is 9.02. The molecule has 0 unspecified atom stereocenters. The predicted molar refractivity (Wildman–Crippen MR) is 145 cm³/mol. The molecule has 5 aliphatic rings. The molecule has 1 N–H and O–H groups in total. The normalized spacial score (nSPS) is 45.1. The summed E-state index contributed by atoms with van der Waals surface area (Å²) in [5.74, 6) is -3.53. The Morgan fingerprint density at radius 3 is 2.50 bits per heavy atom. The summed E-state index contributed by atoms with van der Waals surface area (Å²) in [7, 11) is 1.30. The van der Waals surface area contributed by atoms with Gasteiger partial charge in [0.25, 0.3) is 0 Å². The number of ketones is 1. The molecule has 0 aromatic carbocycles. The van der Waals surface area contributed by atoms with Gasteiger partial charge in [0.2, 0.25) is 0 Å². The van der Waals surface area contributed by atoms with E-state index in [9.17, 15) is 24.3 Å². The van der Waals surface area contributed by atoms with E-state index in [1.165, 1.54) is 13.4 Å². The minimum absolute atomic E-state index is 0.0470. The molecule has 5 fully saturated rings. The molecular weight excluding hydrogens is 544 g/mol. The Bertz CT molecular complexity index is 1380. The maximum Gasteiger partial charge on any atom is 0.333 e. The minimum Gasteiger partial charge on any atom is -0.472 e. The second-order valence-corrected chi connectivity index (χ2v) is 14.0. The fourth-order valence-electron chi connectivity index (χ4n) is 9.75. The quantitative estimate of drug-likeness (QED) is 0.235. The van der Waals surface area contributed by atoms with Crippen LogP contribution in [0.15, 0.2) is 34.7 Å². The molecule has 3 saturated carbocycles. The van der Waals surface area contributed by atoms with Gasteiger partial charge in [0.1, 0.15) is 23.9 Å². The molecule has 2 bridgehead atoms. The van der Waals surface area contributed by atoms with Crippen molar-refractivity contribution >= 4 is 23.7 Å². The maximum absolute atomic E-state index is 14.7. The van der Waals surface area contributed by atoms with E-state index in [0.717, 1.165) is 5.56 Å². The van der Waals surface area contributed by atoms with Crippen molar-refractivity contribution < 1.29 is 47.6 Å². The van der Waals surface area contributed by atoms with E-state index < -0.39 is 87.2 Å². The Morgan fingerprint density at radius 1 is 1.17 bits per heavy atom. The van der Waals surface area contributed by atoms with Crippen LogP contribution in [-0.2, 0) is 38.1 Å². The van der Waals surface area contributed by atoms with Gasteiger partial charge in [0.05, 0.1) is 26.1 Å². The Labute approximate surface area is 245 Å². The van der Waals surface area contributed by atoms with E-state index >= 15 is 0 Å². The average Bonchev–Trinajstić information content (AvgIpc) is 3.44. The summed E-state index contributed by atoms with van der Waals surface area (Å²) in [4.78, 5) is 53.9. The molecular formula is C32H40O10. The number of aliphatic hydroxyl groups is 1. The number of hydrogen-bond acceptors (Lipinski definition) is 10. The van der Waals surface area contributed by atoms with E-state index in [0.29, 0.717) is 18.4 Å². The van der Waals surface area contributed by atoms with E-state index in [1.54, 1.807) is 32.3 Å². The van der Waals surface area contributed by atoms with Gasteiger partial charge >= 0.3 is 17.9 Å². The van der Waals surface area contributed by atoms with Crippen molar-refractivity contribution in [3.05, 3.63) is 35.8 Å². The molecule has 10 atom stereocenters. The zero-order valence-corrected chi connectivity index (χ0v) is 25.2. The fourth-order valence-corrected chi connectivity index (χ4v) is 9.75. The number of fused-ring (bicyclic) bond motifs is 5. The van der Waals surface area contributed by atoms with Crippen LogP contribution in [0.1, 0.15) is 78.9 Å². The van der Waals surface area contributed by atoms with Crippen molar-refractivity contribution in [3.63, 3.8) is 0 Å². The molecule has 6 rings (SSSR count). The highest BCUT2D eigenvalue weighted by molar-refractivity contribution is 5.99. The molecule has 1 aromatic heterocycles. The van der Waals surface area contributed by atoms with Gasteiger partial charge in [-0.25, -0.2) is 4.79 Å². The third kappa shape index (κ3) is 3.39. The molecule has 42 heavy (non-hydrogen) atoms. The number of epoxide rings is 1. The third-order valence-electron chi connectivity index (χ3n) is 11.8. The number of furan rings is 1. The number of carbonyl (C=O) groups is 4. The number of cyclic esters (lactones) is 1. The SMILES string of the molecule is C/C=C(\C)C(=O)O[C@H]1C(C)(C)[C@H](CC(=O)OC)[C@@]2(C)C(=O)[C@]1(O)[C@H]1O[C@@]13[C@@H]1CC(=O)O[C@@H](c4ccoc4)[C@]1(C)CC[C@H]23. The van der Waals surface area contributed by atoms with Crippen LogP contribution in [-0.4, -0.2) is 59.3 Å². The Kier molecular flexibility index (Phi) is 6.25. The molecule has 3 heterocycles. The lowest BCUT2D eigenvalue weighted by Gasteiger charge is -2.66. The first-order chi connectivity index (χ1) is 19.6. The Hall–Kier alpha value is -2.98. The lowest BCUT2D eigenvalue weighted by molar-refractivity contribution is -0.250. The van der Waals surface area contributed by atoms with Crippen LogP contribution in [0.3, 0.4) is 0 Å². The van der Waals surface area contributed by atoms with Crippen LogP contribution in [0.5, 0.6) is 0 Å². The van der Waals surface area contributed by atoms with Gasteiger partial charge in [0, 0.05) is 45.6 Å². The van der Waals surface area contributed by atoms with Crippen molar-refractivity contribution in [2.75, 3.05) is 7.11 Å². The van der Waals surface area contributed by atoms with Crippen LogP contribution in [0.4, 0.5) is 0 Å². The molecule has 10 heteroatoms. The largest absolute Gasteiger partial charge is 0.472 e. The summed E-state index contributed by atoms with van der Waals surface area (Å²) in [6.07, 6.45) is 2.89. The highest BCUT2D eigenvalue weighted by atomic mass is 16.6. The summed E-state index contributed by atoms with van der Waals surface area (Å²) in [5.41, 5.74) is -5.08. The lowest BCUT2D eigenvalue weighted by Crippen LogP contribution is -2.80. The van der Waals surface area contributed by atoms with Gasteiger partial charge < -0.3 is 28.5 Å². The van der Waals surface area contributed by atoms with Gasteiger partial charge in [0.15, 0.2) is 11.4 Å². The third-order valence-corrected chi connectivity index (χ3v) is 11.8. The van der Waals surface area contributed by atoms with E-state index in [-0.39, 0.29) is 12.8 Å². The number of ether oxygens (including phenoxy) is 4. The molecule has 0 radical (unpaired) electrons. The molecule has 1 spiro atoms. The average molecular weight is 585 g/mol. The second-order valence-electron chi connectivity index (χ2n) is 14.0. The Morgan fingerprint density at radius 2 is 1.88 bits per heavy atom. The van der Waals surface area contributed by atoms with Crippen molar-refractivity contribution in [1.29, 1.82) is 0 Å². The van der Waals surface area contributed by atoms with Gasteiger partial charge in [-0.2, -0.15) is 0 Å². The summed E-state index contributed by atoms with van der Waals surface area (Å²) in [6.45, 7) is 10.8. The molecule has 3 aliphatic carbocycles. The molecule has 1 aromatic rings. The zero-order chi connectivity index (χ0) is 30.6. The first kappa shape index (κ1) is 29.1. The molecule has 10 nitrogen and oxygen atoms in total. The van der Waals surface area contributed by atoms with E-state index in [4.69, 9.17) is 23.4 Å².